The van der Waals surface area contributed by atoms with Crippen molar-refractivity contribution in [3.05, 3.63) is 35.4 Å². The molecule has 1 unspecified atom stereocenters. The highest BCUT2D eigenvalue weighted by molar-refractivity contribution is 7.98. The van der Waals surface area contributed by atoms with Gasteiger partial charge in [-0.05, 0) is 25.3 Å². The average Bonchev–Trinajstić information content (AvgIpc) is 2.37. The largest absolute Gasteiger partial charge is 0.389 e. The maximum atomic E-state index is 12.2. The summed E-state index contributed by atoms with van der Waals surface area (Å²) in [5, 5.41) is 0. The molecule has 3 nitrogen and oxygen atoms in total. The first-order chi connectivity index (χ1) is 8.47. The van der Waals surface area contributed by atoms with E-state index in [-0.39, 0.29) is 11.9 Å². The molecule has 1 aromatic carbocycles. The summed E-state index contributed by atoms with van der Waals surface area (Å²) in [6.07, 6.45) is 2.03. The van der Waals surface area contributed by atoms with Crippen molar-refractivity contribution in [2.75, 3.05) is 19.1 Å². The molecule has 0 bridgehead atoms. The second kappa shape index (κ2) is 6.75. The van der Waals surface area contributed by atoms with Gasteiger partial charge in [-0.1, -0.05) is 24.4 Å². The Morgan fingerprint density at radius 3 is 2.33 bits per heavy atom. The first-order valence-electron chi connectivity index (χ1n) is 5.63. The summed E-state index contributed by atoms with van der Waals surface area (Å²) in [5.41, 5.74) is 6.96. The molecule has 0 aliphatic carbocycles. The monoisotopic (exact) mass is 282 g/mol. The van der Waals surface area contributed by atoms with Gasteiger partial charge in [-0.25, -0.2) is 0 Å². The highest BCUT2D eigenvalue weighted by Crippen LogP contribution is 2.11. The number of hydrogen-bond acceptors (Lipinski definition) is 3. The molecule has 0 aliphatic heterocycles. The van der Waals surface area contributed by atoms with Crippen molar-refractivity contribution in [2.45, 2.75) is 13.0 Å². The van der Waals surface area contributed by atoms with Crippen LogP contribution in [0.3, 0.4) is 0 Å². The number of rotatable bonds is 5. The average molecular weight is 282 g/mol. The number of nitrogens with two attached hydrogens (primary N) is 1. The van der Waals surface area contributed by atoms with Gasteiger partial charge in [0.05, 0.1) is 0 Å². The van der Waals surface area contributed by atoms with Gasteiger partial charge in [0.1, 0.15) is 4.99 Å². The topological polar surface area (TPSA) is 46.3 Å². The molecule has 1 atom stereocenters. The van der Waals surface area contributed by atoms with Crippen molar-refractivity contribution in [2.24, 2.45) is 5.73 Å². The van der Waals surface area contributed by atoms with Crippen LogP contribution in [0.1, 0.15) is 22.8 Å². The van der Waals surface area contributed by atoms with Gasteiger partial charge in [0.2, 0.25) is 0 Å². The number of hydrogen-bond donors (Lipinski definition) is 1. The quantitative estimate of drug-likeness (QED) is 0.841. The normalized spacial score (nSPS) is 11.9. The van der Waals surface area contributed by atoms with Gasteiger partial charge < -0.3 is 10.6 Å². The van der Waals surface area contributed by atoms with Crippen LogP contribution in [0.15, 0.2) is 24.3 Å². The summed E-state index contributed by atoms with van der Waals surface area (Å²) in [6, 6.07) is 7.30. The highest BCUT2D eigenvalue weighted by Gasteiger charge is 2.16. The molecule has 2 N–H and O–H groups in total. The molecule has 0 radical (unpaired) electrons. The predicted octanol–water partition coefficient (Wildman–Crippen LogP) is 2.14. The van der Waals surface area contributed by atoms with Crippen molar-refractivity contribution in [1.82, 2.24) is 4.90 Å². The summed E-state index contributed by atoms with van der Waals surface area (Å²) in [6.45, 7) is 2.04. The lowest BCUT2D eigenvalue weighted by Gasteiger charge is -2.24. The Hall–Kier alpha value is -1.07. The number of thioether (sulfide) groups is 1. The standard InChI is InChI=1S/C13H18N2OS2/c1-9(8-18-3)15(2)13(16)11-6-4-10(5-7-11)12(14)17/h4-7,9H,8H2,1-3H3,(H2,14,17). The third-order valence-electron chi connectivity index (χ3n) is 2.81. The maximum absolute atomic E-state index is 12.2. The molecule has 98 valence electrons. The van der Waals surface area contributed by atoms with Crippen LogP contribution < -0.4 is 5.73 Å². The maximum Gasteiger partial charge on any atom is 0.253 e. The highest BCUT2D eigenvalue weighted by atomic mass is 32.2. The van der Waals surface area contributed by atoms with E-state index in [0.29, 0.717) is 10.6 Å². The van der Waals surface area contributed by atoms with Gasteiger partial charge in [0.15, 0.2) is 0 Å². The SMILES string of the molecule is CSCC(C)N(C)C(=O)c1ccc(C(N)=S)cc1. The molecule has 1 aromatic rings. The molecular formula is C13H18N2OS2. The van der Waals surface area contributed by atoms with Crippen LogP contribution in [0, 0.1) is 0 Å². The van der Waals surface area contributed by atoms with E-state index in [1.807, 2.05) is 20.2 Å². The molecule has 0 aromatic heterocycles. The number of carbonyl (C=O) groups excluding carboxylic acids is 1. The number of thiocarbonyl (C=S) groups is 1. The van der Waals surface area contributed by atoms with Crippen molar-refractivity contribution in [3.63, 3.8) is 0 Å². The number of benzene rings is 1. The van der Waals surface area contributed by atoms with Crippen molar-refractivity contribution < 1.29 is 4.79 Å². The molecule has 1 amide bonds. The van der Waals surface area contributed by atoms with Crippen LogP contribution in [0.4, 0.5) is 0 Å². The lowest BCUT2D eigenvalue weighted by molar-refractivity contribution is 0.0757. The third kappa shape index (κ3) is 3.71. The van der Waals surface area contributed by atoms with Crippen LogP contribution in [0.2, 0.25) is 0 Å². The van der Waals surface area contributed by atoms with Crippen LogP contribution in [-0.2, 0) is 0 Å². The second-order valence-electron chi connectivity index (χ2n) is 4.16. The fourth-order valence-corrected chi connectivity index (χ4v) is 2.38. The Balaban J connectivity index is 2.80. The fourth-order valence-electron chi connectivity index (χ4n) is 1.53. The zero-order valence-electron chi connectivity index (χ0n) is 10.8. The summed E-state index contributed by atoms with van der Waals surface area (Å²) < 4.78 is 0. The smallest absolute Gasteiger partial charge is 0.253 e. The van der Waals surface area contributed by atoms with E-state index < -0.39 is 0 Å². The van der Waals surface area contributed by atoms with E-state index in [4.69, 9.17) is 18.0 Å². The minimum absolute atomic E-state index is 0.0195. The molecule has 0 fully saturated rings. The summed E-state index contributed by atoms with van der Waals surface area (Å²) in [7, 11) is 1.82. The van der Waals surface area contributed by atoms with E-state index in [1.165, 1.54) is 0 Å². The summed E-state index contributed by atoms with van der Waals surface area (Å²) >= 11 is 6.61. The molecule has 0 saturated carbocycles. The van der Waals surface area contributed by atoms with E-state index in [1.54, 1.807) is 40.9 Å². The van der Waals surface area contributed by atoms with E-state index >= 15 is 0 Å². The molecular weight excluding hydrogens is 264 g/mol. The van der Waals surface area contributed by atoms with Crippen LogP contribution >= 0.6 is 24.0 Å². The second-order valence-corrected chi connectivity index (χ2v) is 5.51. The van der Waals surface area contributed by atoms with Crippen LogP contribution in [0.25, 0.3) is 0 Å². The minimum Gasteiger partial charge on any atom is -0.389 e. The van der Waals surface area contributed by atoms with Crippen LogP contribution in [-0.4, -0.2) is 40.9 Å². The first kappa shape index (κ1) is 15.0. The Kier molecular flexibility index (Phi) is 5.62. The Morgan fingerprint density at radius 2 is 1.89 bits per heavy atom. The van der Waals surface area contributed by atoms with Crippen molar-refractivity contribution >= 4 is 34.9 Å². The van der Waals surface area contributed by atoms with Gasteiger partial charge in [-0.2, -0.15) is 11.8 Å². The molecule has 1 rings (SSSR count). The Morgan fingerprint density at radius 1 is 1.39 bits per heavy atom. The van der Waals surface area contributed by atoms with Gasteiger partial charge in [0.25, 0.3) is 5.91 Å². The third-order valence-corrected chi connectivity index (χ3v) is 3.86. The van der Waals surface area contributed by atoms with Crippen molar-refractivity contribution in [3.8, 4) is 0 Å². The van der Waals surface area contributed by atoms with E-state index in [2.05, 4.69) is 0 Å². The lowest BCUT2D eigenvalue weighted by Crippen LogP contribution is -2.36. The minimum atomic E-state index is 0.0195. The predicted molar refractivity (Wildman–Crippen MR) is 82.3 cm³/mol. The van der Waals surface area contributed by atoms with Gasteiger partial charge in [0, 0.05) is 30.0 Å². The molecule has 0 heterocycles. The number of nitrogens with zero attached hydrogens (tertiary/aromatic N) is 1. The Labute approximate surface area is 118 Å². The van der Waals surface area contributed by atoms with Crippen LogP contribution in [0.5, 0.6) is 0 Å². The molecule has 5 heteroatoms. The van der Waals surface area contributed by atoms with Gasteiger partial charge in [-0.3, -0.25) is 4.79 Å². The van der Waals surface area contributed by atoms with E-state index in [9.17, 15) is 4.79 Å². The fraction of sp³-hybridized carbons (Fsp3) is 0.385. The number of carbonyl (C=O) groups is 1. The first-order valence-corrected chi connectivity index (χ1v) is 7.43. The van der Waals surface area contributed by atoms with Gasteiger partial charge in [-0.15, -0.1) is 0 Å². The molecule has 0 saturated heterocycles. The van der Waals surface area contributed by atoms with E-state index in [0.717, 1.165) is 11.3 Å². The molecule has 0 aliphatic rings. The van der Waals surface area contributed by atoms with Gasteiger partial charge >= 0.3 is 0 Å². The number of amides is 1. The van der Waals surface area contributed by atoms with Crippen molar-refractivity contribution in [1.29, 1.82) is 0 Å². The Bertz CT molecular complexity index is 431. The molecule has 18 heavy (non-hydrogen) atoms. The molecule has 0 spiro atoms. The lowest BCUT2D eigenvalue weighted by atomic mass is 10.1. The summed E-state index contributed by atoms with van der Waals surface area (Å²) in [4.78, 5) is 14.3. The zero-order chi connectivity index (χ0) is 13.7. The summed E-state index contributed by atoms with van der Waals surface area (Å²) in [5.74, 6) is 0.943. The zero-order valence-corrected chi connectivity index (χ0v) is 12.5.